The maximum atomic E-state index is 9.74. The van der Waals surface area contributed by atoms with Crippen molar-refractivity contribution in [2.24, 2.45) is 0 Å². The van der Waals surface area contributed by atoms with Crippen molar-refractivity contribution in [1.29, 1.82) is 0 Å². The van der Waals surface area contributed by atoms with E-state index in [-0.39, 0.29) is 5.88 Å². The highest BCUT2D eigenvalue weighted by molar-refractivity contribution is 7.15. The van der Waals surface area contributed by atoms with Crippen LogP contribution < -0.4 is 0 Å². The van der Waals surface area contributed by atoms with E-state index in [0.717, 1.165) is 37.3 Å². The molecule has 0 aliphatic rings. The second-order valence-corrected chi connectivity index (χ2v) is 8.33. The van der Waals surface area contributed by atoms with E-state index in [2.05, 4.69) is 61.3 Å². The number of aromatic hydroxyl groups is 1. The summed E-state index contributed by atoms with van der Waals surface area (Å²) in [6, 6.07) is 18.5. The third-order valence-electron chi connectivity index (χ3n) is 4.19. The van der Waals surface area contributed by atoms with Gasteiger partial charge in [0.1, 0.15) is 10.0 Å². The molecule has 3 nitrogen and oxygen atoms in total. The number of aromatic nitrogens is 2. The molecule has 1 N–H and O–H groups in total. The molecule has 0 amide bonds. The van der Waals surface area contributed by atoms with Crippen molar-refractivity contribution in [2.45, 2.75) is 13.8 Å². The molecule has 0 radical (unpaired) electrons. The molecule has 0 aliphatic heterocycles. The van der Waals surface area contributed by atoms with E-state index >= 15 is 0 Å². The Morgan fingerprint density at radius 2 is 1.67 bits per heavy atom. The van der Waals surface area contributed by atoms with Crippen molar-refractivity contribution in [1.82, 2.24) is 9.97 Å². The van der Waals surface area contributed by atoms with Gasteiger partial charge in [-0.15, -0.1) is 22.7 Å². The largest absolute Gasteiger partial charge is 0.493 e. The van der Waals surface area contributed by atoms with Gasteiger partial charge in [-0.25, -0.2) is 9.97 Å². The lowest BCUT2D eigenvalue weighted by Crippen LogP contribution is -1.88. The van der Waals surface area contributed by atoms with E-state index in [9.17, 15) is 5.11 Å². The van der Waals surface area contributed by atoms with Gasteiger partial charge in [0.25, 0.3) is 0 Å². The SMILES string of the molecule is Cc1ccc(C=C(c2nc(O)cs2)c2nc(-c3ccccc3)c(C)s2)cc1. The van der Waals surface area contributed by atoms with Crippen LogP contribution in [0.3, 0.4) is 0 Å². The van der Waals surface area contributed by atoms with Crippen molar-refractivity contribution in [3.8, 4) is 17.1 Å². The second kappa shape index (κ2) is 7.47. The lowest BCUT2D eigenvalue weighted by atomic mass is 10.1. The summed E-state index contributed by atoms with van der Waals surface area (Å²) < 4.78 is 0. The van der Waals surface area contributed by atoms with Crippen LogP contribution in [0.1, 0.15) is 26.0 Å². The number of thiazole rings is 2. The predicted molar refractivity (Wildman–Crippen MR) is 114 cm³/mol. The summed E-state index contributed by atoms with van der Waals surface area (Å²) in [6.45, 7) is 4.16. The Hall–Kier alpha value is -2.76. The van der Waals surface area contributed by atoms with Crippen LogP contribution in [-0.2, 0) is 0 Å². The monoisotopic (exact) mass is 390 g/mol. The molecule has 0 bridgehead atoms. The molecule has 0 atom stereocenters. The number of hydrogen-bond donors (Lipinski definition) is 1. The molecule has 0 fully saturated rings. The Bertz CT molecular complexity index is 1090. The molecule has 2 aromatic heterocycles. The van der Waals surface area contributed by atoms with Crippen LogP contribution in [-0.4, -0.2) is 15.1 Å². The first-order valence-electron chi connectivity index (χ1n) is 8.56. The molecule has 0 aliphatic carbocycles. The Labute approximate surface area is 166 Å². The van der Waals surface area contributed by atoms with E-state index in [0.29, 0.717) is 0 Å². The van der Waals surface area contributed by atoms with Gasteiger partial charge in [0, 0.05) is 16.0 Å². The zero-order valence-electron chi connectivity index (χ0n) is 15.0. The minimum absolute atomic E-state index is 0.0429. The zero-order chi connectivity index (χ0) is 18.8. The molecule has 5 heteroatoms. The fraction of sp³-hybridized carbons (Fsp3) is 0.0909. The maximum Gasteiger partial charge on any atom is 0.222 e. The van der Waals surface area contributed by atoms with Gasteiger partial charge < -0.3 is 5.11 Å². The molecule has 0 saturated carbocycles. The average Bonchev–Trinajstić information content (AvgIpc) is 3.28. The van der Waals surface area contributed by atoms with Gasteiger partial charge in [0.2, 0.25) is 5.88 Å². The van der Waals surface area contributed by atoms with Crippen LogP contribution in [0.4, 0.5) is 0 Å². The highest BCUT2D eigenvalue weighted by Gasteiger charge is 2.17. The molecule has 27 heavy (non-hydrogen) atoms. The lowest BCUT2D eigenvalue weighted by Gasteiger charge is -2.02. The smallest absolute Gasteiger partial charge is 0.222 e. The standard InChI is InChI=1S/C22H18N2OS2/c1-14-8-10-16(11-9-14)12-18(21-23-19(25)13-26-21)22-24-20(15(2)27-22)17-6-4-3-5-7-17/h3-13,25H,1-2H3. The summed E-state index contributed by atoms with van der Waals surface area (Å²) in [6.07, 6.45) is 2.09. The lowest BCUT2D eigenvalue weighted by molar-refractivity contribution is 0.457. The molecule has 4 rings (SSSR count). The number of benzene rings is 2. The molecule has 2 heterocycles. The fourth-order valence-electron chi connectivity index (χ4n) is 2.81. The van der Waals surface area contributed by atoms with Gasteiger partial charge in [-0.3, -0.25) is 0 Å². The normalized spacial score (nSPS) is 11.7. The highest BCUT2D eigenvalue weighted by Crippen LogP contribution is 2.36. The van der Waals surface area contributed by atoms with Gasteiger partial charge in [-0.2, -0.15) is 0 Å². The molecule has 0 spiro atoms. The topological polar surface area (TPSA) is 46.0 Å². The molecule has 0 unspecified atom stereocenters. The molecular formula is C22H18N2OS2. The van der Waals surface area contributed by atoms with Gasteiger partial charge in [-0.1, -0.05) is 60.2 Å². The van der Waals surface area contributed by atoms with Crippen molar-refractivity contribution in [2.75, 3.05) is 0 Å². The quantitative estimate of drug-likeness (QED) is 0.453. The van der Waals surface area contributed by atoms with Crippen molar-refractivity contribution < 1.29 is 5.11 Å². The van der Waals surface area contributed by atoms with E-state index in [1.54, 1.807) is 16.7 Å². The molecular weight excluding hydrogens is 372 g/mol. The minimum Gasteiger partial charge on any atom is -0.493 e. The van der Waals surface area contributed by atoms with E-state index in [1.807, 2.05) is 18.2 Å². The summed E-state index contributed by atoms with van der Waals surface area (Å²) in [5.74, 6) is 0.0429. The van der Waals surface area contributed by atoms with Crippen LogP contribution in [0, 0.1) is 13.8 Å². The zero-order valence-corrected chi connectivity index (χ0v) is 16.6. The van der Waals surface area contributed by atoms with Crippen LogP contribution in [0.15, 0.2) is 60.0 Å². The van der Waals surface area contributed by atoms with Crippen LogP contribution in [0.25, 0.3) is 22.9 Å². The van der Waals surface area contributed by atoms with Crippen molar-refractivity contribution >= 4 is 34.3 Å². The first kappa shape index (κ1) is 17.6. The fourth-order valence-corrected chi connectivity index (χ4v) is 4.52. The van der Waals surface area contributed by atoms with Gasteiger partial charge >= 0.3 is 0 Å². The van der Waals surface area contributed by atoms with Gasteiger partial charge in [0.05, 0.1) is 11.1 Å². The Morgan fingerprint density at radius 1 is 0.926 bits per heavy atom. The van der Waals surface area contributed by atoms with Crippen LogP contribution in [0.5, 0.6) is 5.88 Å². The number of rotatable bonds is 4. The maximum absolute atomic E-state index is 9.74. The summed E-state index contributed by atoms with van der Waals surface area (Å²) in [4.78, 5) is 10.4. The van der Waals surface area contributed by atoms with Crippen LogP contribution in [0.2, 0.25) is 0 Å². The molecule has 4 aromatic rings. The third kappa shape index (κ3) is 3.84. The van der Waals surface area contributed by atoms with Crippen LogP contribution >= 0.6 is 22.7 Å². The van der Waals surface area contributed by atoms with Gasteiger partial charge in [-0.05, 0) is 25.5 Å². The van der Waals surface area contributed by atoms with E-state index in [4.69, 9.17) is 4.98 Å². The molecule has 0 saturated heterocycles. The third-order valence-corrected chi connectivity index (χ3v) is 6.05. The molecule has 134 valence electrons. The Balaban J connectivity index is 1.83. The summed E-state index contributed by atoms with van der Waals surface area (Å²) in [5, 5.41) is 13.1. The number of nitrogens with zero attached hydrogens (tertiary/aromatic N) is 2. The van der Waals surface area contributed by atoms with E-state index < -0.39 is 0 Å². The predicted octanol–water partition coefficient (Wildman–Crippen LogP) is 6.18. The minimum atomic E-state index is 0.0429. The second-order valence-electron chi connectivity index (χ2n) is 6.27. The van der Waals surface area contributed by atoms with Gasteiger partial charge in [0.15, 0.2) is 0 Å². The summed E-state index contributed by atoms with van der Waals surface area (Å²) in [7, 11) is 0. The van der Waals surface area contributed by atoms with Crippen molar-refractivity contribution in [3.63, 3.8) is 0 Å². The Kier molecular flexibility index (Phi) is 4.88. The van der Waals surface area contributed by atoms with Crippen molar-refractivity contribution in [3.05, 3.63) is 86.0 Å². The Morgan fingerprint density at radius 3 is 2.33 bits per heavy atom. The number of hydrogen-bond acceptors (Lipinski definition) is 5. The number of aryl methyl sites for hydroxylation is 2. The first-order valence-corrected chi connectivity index (χ1v) is 10.3. The van der Waals surface area contributed by atoms with E-state index in [1.165, 1.54) is 16.9 Å². The molecule has 2 aromatic carbocycles. The average molecular weight is 391 g/mol. The summed E-state index contributed by atoms with van der Waals surface area (Å²) >= 11 is 3.07. The summed E-state index contributed by atoms with van der Waals surface area (Å²) in [5.41, 5.74) is 5.33. The first-order chi connectivity index (χ1) is 13.1. The highest BCUT2D eigenvalue weighted by atomic mass is 32.1.